The van der Waals surface area contributed by atoms with Crippen LogP contribution in [0.5, 0.6) is 0 Å². The minimum absolute atomic E-state index is 0.0982. The van der Waals surface area contributed by atoms with Gasteiger partial charge in [-0.15, -0.1) is 11.3 Å². The van der Waals surface area contributed by atoms with Gasteiger partial charge in [0, 0.05) is 35.8 Å². The molecule has 2 aromatic heterocycles. The van der Waals surface area contributed by atoms with Crippen molar-refractivity contribution in [2.75, 3.05) is 18.0 Å². The third-order valence-electron chi connectivity index (χ3n) is 3.95. The van der Waals surface area contributed by atoms with Crippen LogP contribution < -0.4 is 10.2 Å². The van der Waals surface area contributed by atoms with E-state index >= 15 is 0 Å². The summed E-state index contributed by atoms with van der Waals surface area (Å²) in [4.78, 5) is 24.4. The van der Waals surface area contributed by atoms with E-state index in [0.29, 0.717) is 6.54 Å². The summed E-state index contributed by atoms with van der Waals surface area (Å²) < 4.78 is 0. The van der Waals surface area contributed by atoms with Crippen LogP contribution in [0.1, 0.15) is 23.4 Å². The molecule has 22 heavy (non-hydrogen) atoms. The number of anilines is 1. The summed E-state index contributed by atoms with van der Waals surface area (Å²) in [5.41, 5.74) is 0.973. The molecule has 1 aliphatic rings. The molecule has 116 valence electrons. The van der Waals surface area contributed by atoms with Gasteiger partial charge in [0.1, 0.15) is 0 Å². The van der Waals surface area contributed by atoms with E-state index in [2.05, 4.69) is 20.2 Å². The van der Waals surface area contributed by atoms with E-state index in [-0.39, 0.29) is 11.8 Å². The largest absolute Gasteiger partial charge is 0.351 e. The zero-order chi connectivity index (χ0) is 15.4. The summed E-state index contributed by atoms with van der Waals surface area (Å²) in [7, 11) is 0. The molecule has 2 aromatic rings. The Morgan fingerprint density at radius 3 is 2.91 bits per heavy atom. The minimum atomic E-state index is 0.0982. The number of piperidine rings is 1. The summed E-state index contributed by atoms with van der Waals surface area (Å²) in [5, 5.41) is 5.07. The van der Waals surface area contributed by atoms with E-state index < -0.39 is 0 Å². The monoisotopic (exact) mass is 316 g/mol. The third kappa shape index (κ3) is 3.62. The van der Waals surface area contributed by atoms with Crippen molar-refractivity contribution in [2.24, 2.45) is 5.92 Å². The molecule has 0 saturated carbocycles. The molecule has 1 aliphatic heterocycles. The van der Waals surface area contributed by atoms with Crippen LogP contribution in [0.15, 0.2) is 29.8 Å². The minimum Gasteiger partial charge on any atom is -0.351 e. The summed E-state index contributed by atoms with van der Waals surface area (Å²) in [6.07, 6.45) is 3.50. The van der Waals surface area contributed by atoms with Gasteiger partial charge < -0.3 is 10.2 Å². The van der Waals surface area contributed by atoms with Gasteiger partial charge in [-0.3, -0.25) is 4.79 Å². The topological polar surface area (TPSA) is 58.1 Å². The Morgan fingerprint density at radius 1 is 1.41 bits per heavy atom. The highest BCUT2D eigenvalue weighted by atomic mass is 32.1. The van der Waals surface area contributed by atoms with Crippen molar-refractivity contribution in [3.8, 4) is 0 Å². The number of hydrogen-bond donors (Lipinski definition) is 1. The summed E-state index contributed by atoms with van der Waals surface area (Å²) >= 11 is 1.67. The first-order valence-corrected chi connectivity index (χ1v) is 8.45. The lowest BCUT2D eigenvalue weighted by Crippen LogP contribution is -2.41. The van der Waals surface area contributed by atoms with Crippen molar-refractivity contribution in [1.29, 1.82) is 0 Å². The Hall–Kier alpha value is -1.95. The van der Waals surface area contributed by atoms with Crippen LogP contribution in [0.2, 0.25) is 0 Å². The lowest BCUT2D eigenvalue weighted by Gasteiger charge is -2.31. The second kappa shape index (κ2) is 6.87. The molecule has 3 rings (SSSR count). The maximum atomic E-state index is 12.2. The van der Waals surface area contributed by atoms with Crippen LogP contribution in [0.4, 0.5) is 5.95 Å². The number of aryl methyl sites for hydroxylation is 1. The van der Waals surface area contributed by atoms with Gasteiger partial charge in [-0.05, 0) is 37.3 Å². The Balaban J connectivity index is 1.49. The highest BCUT2D eigenvalue weighted by Crippen LogP contribution is 2.21. The van der Waals surface area contributed by atoms with Crippen molar-refractivity contribution >= 4 is 23.2 Å². The van der Waals surface area contributed by atoms with Gasteiger partial charge in [-0.25, -0.2) is 9.97 Å². The second-order valence-electron chi connectivity index (χ2n) is 5.56. The molecule has 0 aromatic carbocycles. The normalized spacial score (nSPS) is 15.8. The number of nitrogens with one attached hydrogen (secondary N) is 1. The molecule has 0 atom stereocenters. The Bertz CT molecular complexity index is 621. The third-order valence-corrected chi connectivity index (χ3v) is 4.82. The van der Waals surface area contributed by atoms with Crippen molar-refractivity contribution in [3.05, 3.63) is 40.3 Å². The number of carbonyl (C=O) groups is 1. The van der Waals surface area contributed by atoms with E-state index in [0.717, 1.165) is 37.6 Å². The molecule has 0 radical (unpaired) electrons. The van der Waals surface area contributed by atoms with Crippen LogP contribution in [0.25, 0.3) is 0 Å². The molecule has 1 saturated heterocycles. The van der Waals surface area contributed by atoms with Gasteiger partial charge in [-0.1, -0.05) is 6.07 Å². The van der Waals surface area contributed by atoms with Crippen molar-refractivity contribution < 1.29 is 4.79 Å². The maximum absolute atomic E-state index is 12.2. The molecule has 1 N–H and O–H groups in total. The van der Waals surface area contributed by atoms with E-state index in [1.165, 1.54) is 4.88 Å². The van der Waals surface area contributed by atoms with Gasteiger partial charge in [0.05, 0.1) is 6.54 Å². The predicted octanol–water partition coefficient (Wildman–Crippen LogP) is 2.38. The molecule has 6 heteroatoms. The molecule has 1 amide bonds. The van der Waals surface area contributed by atoms with Crippen molar-refractivity contribution in [3.63, 3.8) is 0 Å². The fourth-order valence-electron chi connectivity index (χ4n) is 2.66. The van der Waals surface area contributed by atoms with Crippen LogP contribution in [0.3, 0.4) is 0 Å². The molecule has 1 fully saturated rings. The first-order chi connectivity index (χ1) is 10.7. The number of thiophene rings is 1. The molecule has 3 heterocycles. The van der Waals surface area contributed by atoms with E-state index in [9.17, 15) is 4.79 Å². The molecular formula is C16H20N4OS. The lowest BCUT2D eigenvalue weighted by molar-refractivity contribution is -0.125. The number of rotatable bonds is 4. The maximum Gasteiger partial charge on any atom is 0.225 e. The quantitative estimate of drug-likeness (QED) is 0.941. The van der Waals surface area contributed by atoms with Crippen molar-refractivity contribution in [1.82, 2.24) is 15.3 Å². The molecule has 0 bridgehead atoms. The molecule has 5 nitrogen and oxygen atoms in total. The van der Waals surface area contributed by atoms with Gasteiger partial charge in [0.25, 0.3) is 0 Å². The lowest BCUT2D eigenvalue weighted by atomic mass is 9.96. The fraction of sp³-hybridized carbons (Fsp3) is 0.438. The average Bonchev–Trinajstić information content (AvgIpc) is 3.06. The Labute approximate surface area is 134 Å². The zero-order valence-electron chi connectivity index (χ0n) is 12.7. The van der Waals surface area contributed by atoms with E-state index in [4.69, 9.17) is 0 Å². The number of carbonyl (C=O) groups excluding carboxylic acids is 1. The van der Waals surface area contributed by atoms with Crippen LogP contribution >= 0.6 is 11.3 Å². The average molecular weight is 316 g/mol. The Morgan fingerprint density at radius 2 is 2.23 bits per heavy atom. The van der Waals surface area contributed by atoms with Gasteiger partial charge in [-0.2, -0.15) is 0 Å². The first-order valence-electron chi connectivity index (χ1n) is 7.57. The molecule has 0 unspecified atom stereocenters. The summed E-state index contributed by atoms with van der Waals surface area (Å²) in [6.45, 7) is 4.27. The zero-order valence-corrected chi connectivity index (χ0v) is 13.5. The van der Waals surface area contributed by atoms with Crippen LogP contribution in [-0.4, -0.2) is 29.0 Å². The van der Waals surface area contributed by atoms with E-state index in [1.54, 1.807) is 17.5 Å². The van der Waals surface area contributed by atoms with Gasteiger partial charge in [0.15, 0.2) is 0 Å². The molecular weight excluding hydrogens is 296 g/mol. The SMILES string of the molecule is Cc1ccnc(N2CCC(C(=O)NCc3cccs3)CC2)n1. The standard InChI is InChI=1S/C16H20N4OS/c1-12-4-7-17-16(19-12)20-8-5-13(6-9-20)15(21)18-11-14-3-2-10-22-14/h2-4,7,10,13H,5-6,8-9,11H2,1H3,(H,18,21). The first kappa shape index (κ1) is 15.0. The highest BCUT2D eigenvalue weighted by Gasteiger charge is 2.25. The predicted molar refractivity (Wildman–Crippen MR) is 87.9 cm³/mol. The summed E-state index contributed by atoms with van der Waals surface area (Å²) in [5.74, 6) is 1.04. The van der Waals surface area contributed by atoms with Gasteiger partial charge >= 0.3 is 0 Å². The Kier molecular flexibility index (Phi) is 4.68. The van der Waals surface area contributed by atoms with Crippen LogP contribution in [0, 0.1) is 12.8 Å². The van der Waals surface area contributed by atoms with Crippen LogP contribution in [-0.2, 0) is 11.3 Å². The number of hydrogen-bond acceptors (Lipinski definition) is 5. The number of nitrogens with zero attached hydrogens (tertiary/aromatic N) is 3. The smallest absolute Gasteiger partial charge is 0.225 e. The molecule has 0 aliphatic carbocycles. The second-order valence-corrected chi connectivity index (χ2v) is 6.59. The van der Waals surface area contributed by atoms with Gasteiger partial charge in [0.2, 0.25) is 11.9 Å². The summed E-state index contributed by atoms with van der Waals surface area (Å²) in [6, 6.07) is 5.95. The molecule has 0 spiro atoms. The highest BCUT2D eigenvalue weighted by molar-refractivity contribution is 7.09. The van der Waals surface area contributed by atoms with E-state index in [1.807, 2.05) is 30.5 Å². The number of aromatic nitrogens is 2. The van der Waals surface area contributed by atoms with Crippen molar-refractivity contribution in [2.45, 2.75) is 26.3 Å². The fourth-order valence-corrected chi connectivity index (χ4v) is 3.31. The number of amides is 1.